The average molecular weight is 239 g/mol. The fourth-order valence-electron chi connectivity index (χ4n) is 3.74. The van der Waals surface area contributed by atoms with Crippen LogP contribution in [0.1, 0.15) is 52.9 Å². The molecule has 17 heavy (non-hydrogen) atoms. The first kappa shape index (κ1) is 13.4. The summed E-state index contributed by atoms with van der Waals surface area (Å²) >= 11 is 0. The van der Waals surface area contributed by atoms with Crippen LogP contribution in [0.4, 0.5) is 0 Å². The molecule has 2 N–H and O–H groups in total. The maximum absolute atomic E-state index is 10.3. The molecule has 0 aromatic heterocycles. The van der Waals surface area contributed by atoms with Gasteiger partial charge < -0.3 is 10.4 Å². The van der Waals surface area contributed by atoms with Gasteiger partial charge in [-0.15, -0.1) is 0 Å². The van der Waals surface area contributed by atoms with E-state index in [2.05, 4.69) is 26.1 Å². The molecule has 1 heterocycles. The molecule has 1 aliphatic heterocycles. The molecule has 0 spiro atoms. The van der Waals surface area contributed by atoms with E-state index in [0.29, 0.717) is 12.0 Å². The van der Waals surface area contributed by atoms with Crippen molar-refractivity contribution in [3.05, 3.63) is 0 Å². The maximum atomic E-state index is 10.3. The summed E-state index contributed by atoms with van der Waals surface area (Å²) in [5, 5.41) is 13.9. The minimum absolute atomic E-state index is 0.0622. The van der Waals surface area contributed by atoms with Crippen molar-refractivity contribution in [3.63, 3.8) is 0 Å². The van der Waals surface area contributed by atoms with E-state index in [1.54, 1.807) is 0 Å². The summed E-state index contributed by atoms with van der Waals surface area (Å²) in [6.07, 6.45) is 5.95. The van der Waals surface area contributed by atoms with Gasteiger partial charge in [0.05, 0.1) is 6.10 Å². The Bertz CT molecular complexity index is 241. The third-order valence-electron chi connectivity index (χ3n) is 5.06. The molecular formula is C15H29NO. The Morgan fingerprint density at radius 1 is 1.12 bits per heavy atom. The Balaban J connectivity index is 1.96. The smallest absolute Gasteiger partial charge is 0.0583 e. The molecule has 1 saturated heterocycles. The van der Waals surface area contributed by atoms with Crippen molar-refractivity contribution >= 4 is 0 Å². The number of aliphatic hydroxyl groups excluding tert-OH is 1. The summed E-state index contributed by atoms with van der Waals surface area (Å²) in [7, 11) is 0. The lowest BCUT2D eigenvalue weighted by Crippen LogP contribution is -2.49. The van der Waals surface area contributed by atoms with E-state index >= 15 is 0 Å². The zero-order chi connectivity index (χ0) is 12.4. The lowest BCUT2D eigenvalue weighted by Gasteiger charge is -2.42. The van der Waals surface area contributed by atoms with Crippen molar-refractivity contribution in [1.82, 2.24) is 5.32 Å². The topological polar surface area (TPSA) is 32.3 Å². The molecule has 0 bridgehead atoms. The molecule has 100 valence electrons. The van der Waals surface area contributed by atoms with E-state index in [9.17, 15) is 5.11 Å². The molecule has 5 atom stereocenters. The van der Waals surface area contributed by atoms with E-state index in [1.807, 2.05) is 0 Å². The van der Waals surface area contributed by atoms with Gasteiger partial charge in [0.15, 0.2) is 0 Å². The van der Waals surface area contributed by atoms with Gasteiger partial charge in [-0.25, -0.2) is 0 Å². The van der Waals surface area contributed by atoms with Crippen LogP contribution in [0.25, 0.3) is 0 Å². The number of nitrogens with one attached hydrogen (secondary N) is 1. The van der Waals surface area contributed by atoms with Crippen LogP contribution in [0.3, 0.4) is 0 Å². The molecule has 2 rings (SSSR count). The van der Waals surface area contributed by atoms with E-state index in [-0.39, 0.29) is 6.10 Å². The summed E-state index contributed by atoms with van der Waals surface area (Å²) in [6, 6.07) is 0.565. The van der Waals surface area contributed by atoms with Crippen molar-refractivity contribution in [3.8, 4) is 0 Å². The van der Waals surface area contributed by atoms with Crippen molar-refractivity contribution in [1.29, 1.82) is 0 Å². The zero-order valence-electron chi connectivity index (χ0n) is 11.7. The van der Waals surface area contributed by atoms with Crippen LogP contribution in [0, 0.1) is 23.7 Å². The van der Waals surface area contributed by atoms with Gasteiger partial charge in [0, 0.05) is 12.0 Å². The van der Waals surface area contributed by atoms with E-state index in [1.165, 1.54) is 25.7 Å². The number of aliphatic hydroxyl groups is 1. The molecule has 0 amide bonds. The quantitative estimate of drug-likeness (QED) is 0.776. The Morgan fingerprint density at radius 2 is 1.88 bits per heavy atom. The second kappa shape index (κ2) is 5.71. The highest BCUT2D eigenvalue weighted by molar-refractivity contribution is 4.91. The van der Waals surface area contributed by atoms with Crippen LogP contribution in [0.5, 0.6) is 0 Å². The Kier molecular flexibility index (Phi) is 4.48. The van der Waals surface area contributed by atoms with E-state index < -0.39 is 0 Å². The standard InChI is InChI=1S/C15H29NO/c1-10(2)12-4-5-15(17)13(9-12)14-8-11(3)6-7-16-14/h10-17H,4-9H2,1-3H3. The third kappa shape index (κ3) is 3.23. The first-order valence-corrected chi connectivity index (χ1v) is 7.49. The van der Waals surface area contributed by atoms with Crippen LogP contribution < -0.4 is 5.32 Å². The lowest BCUT2D eigenvalue weighted by atomic mass is 9.70. The maximum Gasteiger partial charge on any atom is 0.0583 e. The molecular weight excluding hydrogens is 210 g/mol. The monoisotopic (exact) mass is 239 g/mol. The minimum atomic E-state index is -0.0622. The summed E-state index contributed by atoms with van der Waals surface area (Å²) < 4.78 is 0. The van der Waals surface area contributed by atoms with Gasteiger partial charge in [0.1, 0.15) is 0 Å². The number of hydrogen-bond acceptors (Lipinski definition) is 2. The van der Waals surface area contributed by atoms with E-state index in [0.717, 1.165) is 30.7 Å². The van der Waals surface area contributed by atoms with Crippen molar-refractivity contribution in [2.45, 2.75) is 65.0 Å². The lowest BCUT2D eigenvalue weighted by molar-refractivity contribution is 0.00958. The Hall–Kier alpha value is -0.0800. The molecule has 0 radical (unpaired) electrons. The Labute approximate surface area is 106 Å². The van der Waals surface area contributed by atoms with Gasteiger partial charge in [0.25, 0.3) is 0 Å². The van der Waals surface area contributed by atoms with Crippen LogP contribution in [-0.2, 0) is 0 Å². The van der Waals surface area contributed by atoms with Crippen LogP contribution >= 0.6 is 0 Å². The second-order valence-corrected chi connectivity index (χ2v) is 6.74. The van der Waals surface area contributed by atoms with Crippen LogP contribution in [0.2, 0.25) is 0 Å². The van der Waals surface area contributed by atoms with Gasteiger partial charge in [-0.3, -0.25) is 0 Å². The molecule has 2 heteroatoms. The van der Waals surface area contributed by atoms with Gasteiger partial charge >= 0.3 is 0 Å². The summed E-state index contributed by atoms with van der Waals surface area (Å²) in [4.78, 5) is 0. The fourth-order valence-corrected chi connectivity index (χ4v) is 3.74. The molecule has 1 saturated carbocycles. The summed E-state index contributed by atoms with van der Waals surface area (Å²) in [6.45, 7) is 8.15. The van der Waals surface area contributed by atoms with Crippen LogP contribution in [0.15, 0.2) is 0 Å². The van der Waals surface area contributed by atoms with Gasteiger partial charge in [-0.05, 0) is 56.4 Å². The molecule has 0 aromatic carbocycles. The summed E-state index contributed by atoms with van der Waals surface area (Å²) in [5.74, 6) is 2.92. The van der Waals surface area contributed by atoms with Crippen molar-refractivity contribution in [2.75, 3.05) is 6.54 Å². The predicted octanol–water partition coefficient (Wildman–Crippen LogP) is 2.81. The summed E-state index contributed by atoms with van der Waals surface area (Å²) in [5.41, 5.74) is 0. The molecule has 2 aliphatic rings. The minimum Gasteiger partial charge on any atom is -0.393 e. The second-order valence-electron chi connectivity index (χ2n) is 6.74. The number of piperidine rings is 1. The number of hydrogen-bond donors (Lipinski definition) is 2. The molecule has 5 unspecified atom stereocenters. The first-order chi connectivity index (χ1) is 8.08. The fraction of sp³-hybridized carbons (Fsp3) is 1.00. The SMILES string of the molecule is CC1CCNC(C2CC(C(C)C)CCC2O)C1. The molecule has 2 nitrogen and oxygen atoms in total. The predicted molar refractivity (Wildman–Crippen MR) is 71.9 cm³/mol. The van der Waals surface area contributed by atoms with Gasteiger partial charge in [0.2, 0.25) is 0 Å². The molecule has 1 aliphatic carbocycles. The van der Waals surface area contributed by atoms with Crippen molar-refractivity contribution in [2.24, 2.45) is 23.7 Å². The highest BCUT2D eigenvalue weighted by Crippen LogP contribution is 2.37. The average Bonchev–Trinajstić information content (AvgIpc) is 2.29. The highest BCUT2D eigenvalue weighted by atomic mass is 16.3. The normalized spacial score (nSPS) is 43.9. The zero-order valence-corrected chi connectivity index (χ0v) is 11.7. The molecule has 2 fully saturated rings. The van der Waals surface area contributed by atoms with Crippen molar-refractivity contribution < 1.29 is 5.11 Å². The van der Waals surface area contributed by atoms with Gasteiger partial charge in [-0.1, -0.05) is 20.8 Å². The highest BCUT2D eigenvalue weighted by Gasteiger charge is 2.36. The van der Waals surface area contributed by atoms with E-state index in [4.69, 9.17) is 0 Å². The third-order valence-corrected chi connectivity index (χ3v) is 5.06. The first-order valence-electron chi connectivity index (χ1n) is 7.49. The van der Waals surface area contributed by atoms with Gasteiger partial charge in [-0.2, -0.15) is 0 Å². The number of rotatable bonds is 2. The van der Waals surface area contributed by atoms with Crippen LogP contribution in [-0.4, -0.2) is 23.8 Å². The Morgan fingerprint density at radius 3 is 2.53 bits per heavy atom. The largest absolute Gasteiger partial charge is 0.393 e. The molecule has 0 aromatic rings.